The van der Waals surface area contributed by atoms with E-state index in [0.29, 0.717) is 25.3 Å². The molecule has 2 fully saturated rings. The summed E-state index contributed by atoms with van der Waals surface area (Å²) in [4.78, 5) is 25.9. The number of amides is 1. The largest absolute Gasteiger partial charge is 0.481 e. The standard InChI is InChI=1S/C15H25NO3/c1-3-7-15(14(18)19)8-4-9-16(10-15)13(17)11(2)12-5-6-12/h11-12H,3-10H2,1-2H3,(H,18,19). The number of likely N-dealkylation sites (tertiary alicyclic amines) is 1. The molecule has 19 heavy (non-hydrogen) atoms. The van der Waals surface area contributed by atoms with E-state index in [1.807, 2.05) is 18.7 Å². The zero-order valence-electron chi connectivity index (χ0n) is 12.0. The predicted octanol–water partition coefficient (Wildman–Crippen LogP) is 2.53. The lowest BCUT2D eigenvalue weighted by Crippen LogP contribution is -2.51. The number of piperidine rings is 1. The van der Waals surface area contributed by atoms with E-state index < -0.39 is 11.4 Å². The molecule has 2 atom stereocenters. The Morgan fingerprint density at radius 3 is 2.63 bits per heavy atom. The fourth-order valence-electron chi connectivity index (χ4n) is 3.37. The summed E-state index contributed by atoms with van der Waals surface area (Å²) in [5.74, 6) is 0.0564. The van der Waals surface area contributed by atoms with Crippen molar-refractivity contribution in [3.8, 4) is 0 Å². The number of carboxylic acids is 1. The molecular weight excluding hydrogens is 242 g/mol. The van der Waals surface area contributed by atoms with Crippen LogP contribution in [0.15, 0.2) is 0 Å². The average Bonchev–Trinajstić information content (AvgIpc) is 3.22. The van der Waals surface area contributed by atoms with E-state index in [0.717, 1.165) is 32.2 Å². The third kappa shape index (κ3) is 2.93. The quantitative estimate of drug-likeness (QED) is 0.832. The number of nitrogens with zero attached hydrogens (tertiary/aromatic N) is 1. The van der Waals surface area contributed by atoms with Crippen LogP contribution in [0.1, 0.15) is 52.4 Å². The van der Waals surface area contributed by atoms with Crippen molar-refractivity contribution in [2.75, 3.05) is 13.1 Å². The number of carboxylic acid groups (broad SMARTS) is 1. The second-order valence-corrected chi connectivity index (χ2v) is 6.32. The first-order valence-corrected chi connectivity index (χ1v) is 7.52. The van der Waals surface area contributed by atoms with Crippen LogP contribution in [0, 0.1) is 17.3 Å². The van der Waals surface area contributed by atoms with E-state index >= 15 is 0 Å². The molecule has 1 aliphatic carbocycles. The Morgan fingerprint density at radius 1 is 1.42 bits per heavy atom. The summed E-state index contributed by atoms with van der Waals surface area (Å²) in [6.07, 6.45) is 5.35. The zero-order valence-corrected chi connectivity index (χ0v) is 12.0. The van der Waals surface area contributed by atoms with Gasteiger partial charge in [-0.05, 0) is 38.0 Å². The van der Waals surface area contributed by atoms with E-state index in [-0.39, 0.29) is 11.8 Å². The maximum atomic E-state index is 12.4. The first-order chi connectivity index (χ1) is 9.00. The molecule has 1 saturated heterocycles. The first-order valence-electron chi connectivity index (χ1n) is 7.52. The van der Waals surface area contributed by atoms with Crippen LogP contribution in [0.2, 0.25) is 0 Å². The molecule has 4 heteroatoms. The van der Waals surface area contributed by atoms with Crippen LogP contribution in [0.3, 0.4) is 0 Å². The Hall–Kier alpha value is -1.06. The Labute approximate surface area is 115 Å². The fourth-order valence-corrected chi connectivity index (χ4v) is 3.37. The highest BCUT2D eigenvalue weighted by Gasteiger charge is 2.44. The van der Waals surface area contributed by atoms with Crippen molar-refractivity contribution in [1.29, 1.82) is 0 Å². The summed E-state index contributed by atoms with van der Waals surface area (Å²) >= 11 is 0. The molecule has 2 aliphatic rings. The lowest BCUT2D eigenvalue weighted by molar-refractivity contribution is -0.156. The molecule has 108 valence electrons. The van der Waals surface area contributed by atoms with Gasteiger partial charge in [0.15, 0.2) is 0 Å². The summed E-state index contributed by atoms with van der Waals surface area (Å²) in [7, 11) is 0. The Kier molecular flexibility index (Phi) is 4.16. The summed E-state index contributed by atoms with van der Waals surface area (Å²) < 4.78 is 0. The fraction of sp³-hybridized carbons (Fsp3) is 0.867. The normalized spacial score (nSPS) is 29.1. The van der Waals surface area contributed by atoms with Crippen LogP contribution in [-0.4, -0.2) is 35.0 Å². The van der Waals surface area contributed by atoms with Crippen LogP contribution in [-0.2, 0) is 9.59 Å². The molecule has 1 N–H and O–H groups in total. The lowest BCUT2D eigenvalue weighted by atomic mass is 9.76. The van der Waals surface area contributed by atoms with Crippen LogP contribution >= 0.6 is 0 Å². The van der Waals surface area contributed by atoms with E-state index in [1.165, 1.54) is 0 Å². The van der Waals surface area contributed by atoms with Gasteiger partial charge in [0.25, 0.3) is 0 Å². The molecule has 1 aliphatic heterocycles. The van der Waals surface area contributed by atoms with Gasteiger partial charge in [-0.3, -0.25) is 9.59 Å². The number of rotatable bonds is 5. The maximum absolute atomic E-state index is 12.4. The lowest BCUT2D eigenvalue weighted by Gasteiger charge is -2.40. The smallest absolute Gasteiger partial charge is 0.311 e. The predicted molar refractivity (Wildman–Crippen MR) is 72.7 cm³/mol. The Morgan fingerprint density at radius 2 is 2.11 bits per heavy atom. The number of carbonyl (C=O) groups is 2. The van der Waals surface area contributed by atoms with Crippen molar-refractivity contribution < 1.29 is 14.7 Å². The van der Waals surface area contributed by atoms with Crippen LogP contribution in [0.25, 0.3) is 0 Å². The number of carbonyl (C=O) groups excluding carboxylic acids is 1. The molecule has 1 saturated carbocycles. The molecule has 0 aromatic heterocycles. The minimum atomic E-state index is -0.731. The summed E-state index contributed by atoms with van der Waals surface area (Å²) in [5, 5.41) is 9.54. The van der Waals surface area contributed by atoms with Gasteiger partial charge in [0.1, 0.15) is 0 Å². The number of hydrogen-bond donors (Lipinski definition) is 1. The molecule has 2 rings (SSSR count). The molecular formula is C15H25NO3. The van der Waals surface area contributed by atoms with E-state index in [2.05, 4.69) is 0 Å². The molecule has 1 amide bonds. The van der Waals surface area contributed by atoms with Crippen LogP contribution in [0.5, 0.6) is 0 Å². The first kappa shape index (κ1) is 14.4. The van der Waals surface area contributed by atoms with Crippen molar-refractivity contribution in [2.24, 2.45) is 17.3 Å². The number of hydrogen-bond acceptors (Lipinski definition) is 2. The van der Waals surface area contributed by atoms with Gasteiger partial charge in [0, 0.05) is 19.0 Å². The molecule has 0 aromatic rings. The average molecular weight is 267 g/mol. The minimum absolute atomic E-state index is 0.0752. The third-order valence-electron chi connectivity index (χ3n) is 4.79. The summed E-state index contributed by atoms with van der Waals surface area (Å²) in [6, 6.07) is 0. The second kappa shape index (κ2) is 5.51. The third-order valence-corrected chi connectivity index (χ3v) is 4.79. The van der Waals surface area contributed by atoms with Gasteiger partial charge < -0.3 is 10.0 Å². The van der Waals surface area contributed by atoms with Crippen molar-refractivity contribution in [3.05, 3.63) is 0 Å². The topological polar surface area (TPSA) is 57.6 Å². The molecule has 4 nitrogen and oxygen atoms in total. The zero-order chi connectivity index (χ0) is 14.0. The SMILES string of the molecule is CCCC1(C(=O)O)CCCN(C(=O)C(C)C2CC2)C1. The Bertz CT molecular complexity index is 360. The van der Waals surface area contributed by atoms with E-state index in [1.54, 1.807) is 0 Å². The molecule has 0 aromatic carbocycles. The highest BCUT2D eigenvalue weighted by Crippen LogP contribution is 2.40. The second-order valence-electron chi connectivity index (χ2n) is 6.32. The van der Waals surface area contributed by atoms with E-state index in [9.17, 15) is 14.7 Å². The molecule has 0 spiro atoms. The number of aliphatic carboxylic acids is 1. The van der Waals surface area contributed by atoms with Crippen molar-refractivity contribution >= 4 is 11.9 Å². The van der Waals surface area contributed by atoms with Crippen molar-refractivity contribution in [3.63, 3.8) is 0 Å². The molecule has 2 unspecified atom stereocenters. The molecule has 0 radical (unpaired) electrons. The van der Waals surface area contributed by atoms with Gasteiger partial charge in [-0.1, -0.05) is 20.3 Å². The highest BCUT2D eigenvalue weighted by molar-refractivity contribution is 5.81. The van der Waals surface area contributed by atoms with Crippen LogP contribution < -0.4 is 0 Å². The minimum Gasteiger partial charge on any atom is -0.481 e. The monoisotopic (exact) mass is 267 g/mol. The van der Waals surface area contributed by atoms with Gasteiger partial charge in [-0.2, -0.15) is 0 Å². The van der Waals surface area contributed by atoms with Gasteiger partial charge in [-0.15, -0.1) is 0 Å². The summed E-state index contributed by atoms with van der Waals surface area (Å²) in [5.41, 5.74) is -0.702. The highest BCUT2D eigenvalue weighted by atomic mass is 16.4. The van der Waals surface area contributed by atoms with E-state index in [4.69, 9.17) is 0 Å². The van der Waals surface area contributed by atoms with Crippen molar-refractivity contribution in [2.45, 2.75) is 52.4 Å². The summed E-state index contributed by atoms with van der Waals surface area (Å²) in [6.45, 7) is 5.15. The van der Waals surface area contributed by atoms with Gasteiger partial charge in [-0.25, -0.2) is 0 Å². The van der Waals surface area contributed by atoms with Crippen molar-refractivity contribution in [1.82, 2.24) is 4.90 Å². The van der Waals surface area contributed by atoms with Gasteiger partial charge in [0.05, 0.1) is 5.41 Å². The van der Waals surface area contributed by atoms with Gasteiger partial charge >= 0.3 is 5.97 Å². The molecule has 1 heterocycles. The Balaban J connectivity index is 2.06. The van der Waals surface area contributed by atoms with Gasteiger partial charge in [0.2, 0.25) is 5.91 Å². The maximum Gasteiger partial charge on any atom is 0.311 e. The van der Waals surface area contributed by atoms with Crippen LogP contribution in [0.4, 0.5) is 0 Å². The molecule has 0 bridgehead atoms.